The molecule has 0 spiro atoms. The van der Waals surface area contributed by atoms with Gasteiger partial charge in [0.25, 0.3) is 5.69 Å². The minimum atomic E-state index is -4.78. The first kappa shape index (κ1) is 26.1. The largest absolute Gasteiger partial charge is 0.418 e. The highest BCUT2D eigenvalue weighted by molar-refractivity contribution is 8.12. The van der Waals surface area contributed by atoms with Crippen LogP contribution >= 0.6 is 0 Å². The number of alkyl halides is 3. The number of halogens is 3. The Kier molecular flexibility index (Phi) is 6.62. The lowest BCUT2D eigenvalue weighted by molar-refractivity contribution is -0.385. The fourth-order valence-electron chi connectivity index (χ4n) is 4.12. The van der Waals surface area contributed by atoms with Crippen molar-refractivity contribution in [1.82, 2.24) is 4.31 Å². The summed E-state index contributed by atoms with van der Waals surface area (Å²) in [7, 11) is -4.45. The number of nitrogens with zero attached hydrogens (tertiary/aromatic N) is 3. The van der Waals surface area contributed by atoms with Crippen LogP contribution < -0.4 is 4.90 Å². The van der Waals surface area contributed by atoms with Gasteiger partial charge in [0.15, 0.2) is 0 Å². The molecule has 7 nitrogen and oxygen atoms in total. The molecule has 0 aromatic heterocycles. The zero-order valence-electron chi connectivity index (χ0n) is 19.6. The standard InChI is InChI=1S/C23H30F3N3O4S/c1-22(2,3)17-6-9-19(10-7-17)34(4,32,33)28-13-5-12-27(14-15-28)21-11-8-18(29(30)31)16-20(21)23(24,25)26/h6-11,16H,5,12-15H2,1-4H3,(H,32,33). The van der Waals surface area contributed by atoms with Crippen molar-refractivity contribution in [1.29, 1.82) is 0 Å². The van der Waals surface area contributed by atoms with Crippen molar-refractivity contribution in [3.05, 3.63) is 63.7 Å². The van der Waals surface area contributed by atoms with Gasteiger partial charge < -0.3 is 4.90 Å². The number of hydrogen-bond donors (Lipinski definition) is 1. The minimum Gasteiger partial charge on any atom is -0.370 e. The van der Waals surface area contributed by atoms with Crippen molar-refractivity contribution < 1.29 is 26.9 Å². The van der Waals surface area contributed by atoms with Gasteiger partial charge in [-0.25, -0.2) is 4.31 Å². The summed E-state index contributed by atoms with van der Waals surface area (Å²) in [5.41, 5.74) is -1.02. The van der Waals surface area contributed by atoms with Gasteiger partial charge >= 0.3 is 6.18 Å². The predicted octanol–water partition coefficient (Wildman–Crippen LogP) is 5.32. The van der Waals surface area contributed by atoms with Gasteiger partial charge in [-0.1, -0.05) is 32.9 Å². The molecule has 1 N–H and O–H groups in total. The van der Waals surface area contributed by atoms with Crippen molar-refractivity contribution in [2.45, 2.75) is 43.7 Å². The summed E-state index contributed by atoms with van der Waals surface area (Å²) >= 11 is 0. The molecule has 11 heteroatoms. The molecule has 2 aromatic rings. The number of non-ortho nitro benzene ring substituents is 1. The monoisotopic (exact) mass is 501 g/mol. The van der Waals surface area contributed by atoms with Gasteiger partial charge in [0, 0.05) is 50.3 Å². The Balaban J connectivity index is 1.89. The normalized spacial score (nSPS) is 17.6. The van der Waals surface area contributed by atoms with E-state index in [1.165, 1.54) is 15.5 Å². The first-order valence-corrected chi connectivity index (χ1v) is 13.1. The van der Waals surface area contributed by atoms with E-state index in [4.69, 9.17) is 0 Å². The van der Waals surface area contributed by atoms with Crippen LogP contribution in [-0.2, 0) is 21.1 Å². The van der Waals surface area contributed by atoms with Gasteiger partial charge in [-0.2, -0.15) is 17.4 Å². The van der Waals surface area contributed by atoms with E-state index in [-0.39, 0.29) is 42.2 Å². The summed E-state index contributed by atoms with van der Waals surface area (Å²) < 4.78 is 67.6. The van der Waals surface area contributed by atoms with Crippen LogP contribution in [0.1, 0.15) is 38.3 Å². The molecule has 1 aliphatic heterocycles. The van der Waals surface area contributed by atoms with Crippen molar-refractivity contribution >= 4 is 20.9 Å². The van der Waals surface area contributed by atoms with Crippen LogP contribution in [-0.4, -0.2) is 50.4 Å². The number of benzene rings is 2. The summed E-state index contributed by atoms with van der Waals surface area (Å²) in [6.07, 6.45) is -3.16. The highest BCUT2D eigenvalue weighted by atomic mass is 32.3. The number of hydrogen-bond acceptors (Lipinski definition) is 4. The lowest BCUT2D eigenvalue weighted by atomic mass is 9.87. The van der Waals surface area contributed by atoms with Gasteiger partial charge in [-0.15, -0.1) is 9.53 Å². The maximum Gasteiger partial charge on any atom is 0.418 e. The van der Waals surface area contributed by atoms with Crippen molar-refractivity contribution in [2.24, 2.45) is 0 Å². The number of nitro groups is 1. The Hall–Kier alpha value is -2.50. The molecule has 3 rings (SSSR count). The highest BCUT2D eigenvalue weighted by Gasteiger charge is 2.38. The summed E-state index contributed by atoms with van der Waals surface area (Å²) in [4.78, 5) is 11.8. The second-order valence-electron chi connectivity index (χ2n) is 9.73. The Labute approximate surface area is 197 Å². The number of rotatable bonds is 4. The van der Waals surface area contributed by atoms with Crippen LogP contribution in [0.5, 0.6) is 0 Å². The van der Waals surface area contributed by atoms with E-state index in [1.807, 2.05) is 32.9 Å². The fraction of sp³-hybridized carbons (Fsp3) is 0.478. The summed E-state index contributed by atoms with van der Waals surface area (Å²) in [6, 6.07) is 9.59. The van der Waals surface area contributed by atoms with E-state index in [2.05, 4.69) is 0 Å². The first-order valence-electron chi connectivity index (χ1n) is 10.8. The van der Waals surface area contributed by atoms with Gasteiger partial charge in [0.2, 0.25) is 0 Å². The summed E-state index contributed by atoms with van der Waals surface area (Å²) in [5, 5.41) is 11.0. The van der Waals surface area contributed by atoms with Crippen LogP contribution in [0, 0.1) is 10.1 Å². The SMILES string of the molecule is CC(C)(C)c1ccc(S(C)(=O)(O)N2CCCN(c3ccc([N+](=O)[O-])cc3C(F)(F)F)CC2)cc1. The Morgan fingerprint density at radius 2 is 1.62 bits per heavy atom. The molecule has 0 amide bonds. The third kappa shape index (κ3) is 5.26. The highest BCUT2D eigenvalue weighted by Crippen LogP contribution is 2.40. The third-order valence-electron chi connectivity index (χ3n) is 6.16. The second-order valence-corrected chi connectivity index (χ2v) is 13.2. The van der Waals surface area contributed by atoms with Crippen molar-refractivity contribution in [3.8, 4) is 0 Å². The average molecular weight is 502 g/mol. The zero-order chi connectivity index (χ0) is 25.6. The Bertz CT molecular complexity index is 1140. The fourth-order valence-corrected chi connectivity index (χ4v) is 6.25. The second kappa shape index (κ2) is 8.62. The average Bonchev–Trinajstić information content (AvgIpc) is 2.99. The molecular formula is C23H30F3N3O4S. The van der Waals surface area contributed by atoms with Gasteiger partial charge in [-0.05, 0) is 35.6 Å². The van der Waals surface area contributed by atoms with E-state index < -0.39 is 31.9 Å². The lowest BCUT2D eigenvalue weighted by Crippen LogP contribution is -2.51. The smallest absolute Gasteiger partial charge is 0.370 e. The molecule has 0 bridgehead atoms. The van der Waals surface area contributed by atoms with E-state index in [1.54, 1.807) is 12.1 Å². The quantitative estimate of drug-likeness (QED) is 0.453. The molecule has 1 heterocycles. The number of nitro benzene ring substituents is 1. The van der Waals surface area contributed by atoms with E-state index in [9.17, 15) is 32.0 Å². The zero-order valence-corrected chi connectivity index (χ0v) is 20.4. The molecule has 0 unspecified atom stereocenters. The van der Waals surface area contributed by atoms with E-state index in [0.717, 1.165) is 17.7 Å². The first-order chi connectivity index (χ1) is 15.5. The van der Waals surface area contributed by atoms with Crippen molar-refractivity contribution in [3.63, 3.8) is 0 Å². The molecule has 1 fully saturated rings. The summed E-state index contributed by atoms with van der Waals surface area (Å²) in [6.45, 7) is 6.65. The maximum atomic E-state index is 13.9. The lowest BCUT2D eigenvalue weighted by Gasteiger charge is -2.48. The molecule has 0 atom stereocenters. The molecule has 0 saturated carbocycles. The molecule has 1 aliphatic rings. The third-order valence-corrected chi connectivity index (χ3v) is 9.10. The van der Waals surface area contributed by atoms with E-state index >= 15 is 0 Å². The molecule has 188 valence electrons. The molecule has 0 aliphatic carbocycles. The van der Waals surface area contributed by atoms with Gasteiger partial charge in [0.1, 0.15) is 0 Å². The van der Waals surface area contributed by atoms with Crippen LogP contribution in [0.2, 0.25) is 0 Å². The van der Waals surface area contributed by atoms with Crippen molar-refractivity contribution in [2.75, 3.05) is 37.3 Å². The van der Waals surface area contributed by atoms with Gasteiger partial charge in [-0.3, -0.25) is 14.7 Å². The minimum absolute atomic E-state index is 0.0493. The van der Waals surface area contributed by atoms with Crippen LogP contribution in [0.4, 0.5) is 24.5 Å². The topological polar surface area (TPSA) is 86.9 Å². The van der Waals surface area contributed by atoms with E-state index in [0.29, 0.717) is 12.5 Å². The van der Waals surface area contributed by atoms with Crippen LogP contribution in [0.15, 0.2) is 47.4 Å². The molecule has 0 radical (unpaired) electrons. The molecule has 2 aromatic carbocycles. The molecule has 1 saturated heterocycles. The predicted molar refractivity (Wildman–Crippen MR) is 127 cm³/mol. The maximum absolute atomic E-state index is 13.9. The van der Waals surface area contributed by atoms with Gasteiger partial charge in [0.05, 0.1) is 15.4 Å². The Morgan fingerprint density at radius 3 is 2.15 bits per heavy atom. The molecular weight excluding hydrogens is 471 g/mol. The Morgan fingerprint density at radius 1 is 1.00 bits per heavy atom. The van der Waals surface area contributed by atoms with Crippen LogP contribution in [0.25, 0.3) is 0 Å². The molecule has 34 heavy (non-hydrogen) atoms. The van der Waals surface area contributed by atoms with Crippen LogP contribution in [0.3, 0.4) is 0 Å². The number of anilines is 1. The summed E-state index contributed by atoms with van der Waals surface area (Å²) in [5.74, 6) is 0.